The average Bonchev–Trinajstić information content (AvgIpc) is 3.34. The number of benzene rings is 1. The Labute approximate surface area is 237 Å². The maximum atomic E-state index is 14.5. The van der Waals surface area contributed by atoms with Crippen LogP contribution >= 0.6 is 0 Å². The van der Waals surface area contributed by atoms with Crippen molar-refractivity contribution in [1.82, 2.24) is 30.0 Å². The number of hydrogen-bond acceptors (Lipinski definition) is 8. The van der Waals surface area contributed by atoms with Gasteiger partial charge in [-0.2, -0.15) is 5.10 Å². The zero-order valence-electron chi connectivity index (χ0n) is 22.0. The van der Waals surface area contributed by atoms with Gasteiger partial charge < -0.3 is 20.7 Å². The fourth-order valence-corrected chi connectivity index (χ4v) is 10.7. The first-order valence-electron chi connectivity index (χ1n) is 13.7. The van der Waals surface area contributed by atoms with Gasteiger partial charge in [0, 0.05) is 24.7 Å². The molecule has 0 unspecified atom stereocenters. The van der Waals surface area contributed by atoms with Crippen molar-refractivity contribution < 1.29 is 31.9 Å². The third-order valence-corrected chi connectivity index (χ3v) is 11.5. The number of hydrogen-bond donors (Lipinski definition) is 4. The number of fused-ring (bicyclic) bond motifs is 2. The summed E-state index contributed by atoms with van der Waals surface area (Å²) in [5.41, 5.74) is 0.540. The average molecular weight is 594 g/mol. The number of nitrogens with one attached hydrogen (secondary N) is 4. The molecule has 0 radical (unpaired) electrons. The van der Waals surface area contributed by atoms with E-state index in [1.54, 1.807) is 18.2 Å². The van der Waals surface area contributed by atoms with Crippen molar-refractivity contribution in [1.29, 1.82) is 0 Å². The summed E-state index contributed by atoms with van der Waals surface area (Å²) in [5, 5.41) is 12.4. The van der Waals surface area contributed by atoms with Crippen LogP contribution < -0.4 is 25.4 Å². The number of nitrogens with zero attached hydrogens (tertiary/aromatic N) is 3. The van der Waals surface area contributed by atoms with E-state index in [1.807, 2.05) is 0 Å². The van der Waals surface area contributed by atoms with Gasteiger partial charge in [0.05, 0.1) is 18.1 Å². The molecule has 10 rings (SSSR count). The van der Waals surface area contributed by atoms with E-state index in [1.165, 1.54) is 12.3 Å². The standard InChI is InChI=1S/C27H24FN7O6S/c1-42(39,40)34-27-20-17-21(27)19-22(27)18(20)26(17,19)9-30-25(38)14-5-13(33-23-11(28)7-31-35(14)23)24(37)29-6-10-2-3-15-12(4-10)32-16(36)8-41-15/h2-5,7,17-22,34H,6,8-9H2,1H3,(H,29,37)(H,30,38)(H,32,36). The van der Waals surface area contributed by atoms with E-state index >= 15 is 0 Å². The highest BCUT2D eigenvalue weighted by Gasteiger charge is 3.10. The predicted octanol–water partition coefficient (Wildman–Crippen LogP) is -0.101. The van der Waals surface area contributed by atoms with Crippen LogP contribution in [0.3, 0.4) is 0 Å². The lowest BCUT2D eigenvalue weighted by atomic mass is 8.94. The number of sulfonamides is 1. The van der Waals surface area contributed by atoms with Crippen LogP contribution in [0.5, 0.6) is 5.75 Å². The molecule has 4 N–H and O–H groups in total. The van der Waals surface area contributed by atoms with Crippen LogP contribution in [0.25, 0.3) is 5.65 Å². The summed E-state index contributed by atoms with van der Waals surface area (Å²) in [6.45, 7) is 0.466. The molecule has 3 aromatic rings. The van der Waals surface area contributed by atoms with E-state index < -0.39 is 27.7 Å². The van der Waals surface area contributed by atoms with E-state index in [0.717, 1.165) is 10.7 Å². The number of halogens is 1. The van der Waals surface area contributed by atoms with Crippen LogP contribution in [0.1, 0.15) is 26.5 Å². The molecule has 6 saturated carbocycles. The Kier molecular flexibility index (Phi) is 4.34. The summed E-state index contributed by atoms with van der Waals surface area (Å²) < 4.78 is 47.6. The summed E-state index contributed by atoms with van der Waals surface area (Å²) in [6, 6.07) is 6.40. The maximum Gasteiger partial charge on any atom is 0.270 e. The number of ether oxygens (including phenoxy) is 1. The number of aromatic nitrogens is 3. The lowest BCUT2D eigenvalue weighted by molar-refractivity contribution is -0.621. The van der Waals surface area contributed by atoms with Gasteiger partial charge in [0.1, 0.15) is 17.1 Å². The van der Waals surface area contributed by atoms with Gasteiger partial charge in [-0.25, -0.2) is 27.0 Å². The van der Waals surface area contributed by atoms with Crippen molar-refractivity contribution in [3.63, 3.8) is 0 Å². The zero-order valence-corrected chi connectivity index (χ0v) is 22.9. The summed E-state index contributed by atoms with van der Waals surface area (Å²) in [4.78, 5) is 42.2. The van der Waals surface area contributed by atoms with Crippen LogP contribution in [0, 0.1) is 46.7 Å². The Balaban J connectivity index is 0.906. The molecule has 3 amide bonds. The predicted molar refractivity (Wildman–Crippen MR) is 141 cm³/mol. The lowest BCUT2D eigenvalue weighted by Gasteiger charge is -3.11. The van der Waals surface area contributed by atoms with Gasteiger partial charge >= 0.3 is 0 Å². The largest absolute Gasteiger partial charge is 0.482 e. The first-order chi connectivity index (χ1) is 20.0. The highest BCUT2D eigenvalue weighted by molar-refractivity contribution is 7.88. The highest BCUT2D eigenvalue weighted by Crippen LogP contribution is 3.06. The maximum absolute atomic E-state index is 14.5. The minimum absolute atomic E-state index is 0.0116. The quantitative estimate of drug-likeness (QED) is 0.280. The Morgan fingerprint density at radius 1 is 1.12 bits per heavy atom. The number of rotatable bonds is 8. The number of anilines is 1. The van der Waals surface area contributed by atoms with Gasteiger partial charge in [-0.3, -0.25) is 14.4 Å². The van der Waals surface area contributed by atoms with E-state index in [0.29, 0.717) is 59.1 Å². The molecule has 0 saturated heterocycles. The van der Waals surface area contributed by atoms with Crippen molar-refractivity contribution >= 4 is 39.1 Å². The van der Waals surface area contributed by atoms with Gasteiger partial charge in [0.25, 0.3) is 17.7 Å². The summed E-state index contributed by atoms with van der Waals surface area (Å²) in [6.07, 6.45) is 2.15. The SMILES string of the molecule is CS(=O)(=O)NC12C3C4C1C1C2C3C41CNC(=O)c1cc(C(=O)NCc2ccc3c(c2)NC(=O)CO3)nc2c(F)cnn12. The molecule has 7 aliphatic rings. The molecule has 6 aliphatic carbocycles. The van der Waals surface area contributed by atoms with Crippen molar-refractivity contribution in [2.24, 2.45) is 40.9 Å². The molecule has 0 bridgehead atoms. The number of amides is 3. The Morgan fingerprint density at radius 2 is 1.86 bits per heavy atom. The van der Waals surface area contributed by atoms with Gasteiger partial charge in [0.2, 0.25) is 10.0 Å². The fraction of sp³-hybridized carbons (Fsp3) is 0.444. The van der Waals surface area contributed by atoms with Gasteiger partial charge in [0.15, 0.2) is 18.1 Å². The molecule has 1 aliphatic heterocycles. The van der Waals surface area contributed by atoms with Crippen LogP contribution in [0.4, 0.5) is 10.1 Å². The van der Waals surface area contributed by atoms with Crippen LogP contribution in [0.2, 0.25) is 0 Å². The Morgan fingerprint density at radius 3 is 2.57 bits per heavy atom. The minimum atomic E-state index is -3.27. The minimum Gasteiger partial charge on any atom is -0.482 e. The molecule has 13 nitrogen and oxygen atoms in total. The molecule has 42 heavy (non-hydrogen) atoms. The highest BCUT2D eigenvalue weighted by atomic mass is 32.2. The summed E-state index contributed by atoms with van der Waals surface area (Å²) in [5.74, 6) is 0.668. The van der Waals surface area contributed by atoms with Crippen molar-refractivity contribution in [3.8, 4) is 5.75 Å². The number of carbonyl (C=O) groups excluding carboxylic acids is 3. The second-order valence-electron chi connectivity index (χ2n) is 12.4. The van der Waals surface area contributed by atoms with Crippen molar-refractivity contribution in [2.45, 2.75) is 12.1 Å². The van der Waals surface area contributed by atoms with Crippen molar-refractivity contribution in [3.05, 3.63) is 53.2 Å². The molecule has 6 fully saturated rings. The molecular weight excluding hydrogens is 569 g/mol. The monoisotopic (exact) mass is 593 g/mol. The molecule has 0 spiro atoms. The van der Waals surface area contributed by atoms with Crippen LogP contribution in [0.15, 0.2) is 30.5 Å². The van der Waals surface area contributed by atoms with E-state index in [9.17, 15) is 27.2 Å². The summed E-state index contributed by atoms with van der Waals surface area (Å²) in [7, 11) is -3.27. The Bertz CT molecular complexity index is 1870. The van der Waals surface area contributed by atoms with Gasteiger partial charge in [-0.05, 0) is 58.6 Å². The third-order valence-electron chi connectivity index (χ3n) is 10.8. The number of carbonyl (C=O) groups is 3. The first kappa shape index (κ1) is 24.5. The lowest BCUT2D eigenvalue weighted by Crippen LogP contribution is -3.15. The molecule has 216 valence electrons. The molecule has 2 aromatic heterocycles. The van der Waals surface area contributed by atoms with E-state index in [2.05, 4.69) is 30.8 Å². The van der Waals surface area contributed by atoms with E-state index in [-0.39, 0.29) is 47.0 Å². The normalized spacial score (nSPS) is 35.1. The molecule has 0 atom stereocenters. The zero-order chi connectivity index (χ0) is 28.9. The smallest absolute Gasteiger partial charge is 0.270 e. The second kappa shape index (κ2) is 7.45. The topological polar surface area (TPSA) is 173 Å². The second-order valence-corrected chi connectivity index (χ2v) is 14.1. The van der Waals surface area contributed by atoms with E-state index in [4.69, 9.17) is 4.74 Å². The first-order valence-corrected chi connectivity index (χ1v) is 15.6. The molecule has 15 heteroatoms. The van der Waals surface area contributed by atoms with Crippen LogP contribution in [-0.4, -0.2) is 65.7 Å². The summed E-state index contributed by atoms with van der Waals surface area (Å²) >= 11 is 0. The van der Waals surface area contributed by atoms with Gasteiger partial charge in [-0.15, -0.1) is 0 Å². The van der Waals surface area contributed by atoms with Crippen molar-refractivity contribution in [2.75, 3.05) is 24.7 Å². The molecule has 3 heterocycles. The van der Waals surface area contributed by atoms with Gasteiger partial charge in [-0.1, -0.05) is 6.07 Å². The fourth-order valence-electron chi connectivity index (χ4n) is 9.68. The molecule has 1 aromatic carbocycles. The Hall–Kier alpha value is -4.11. The van der Waals surface area contributed by atoms with Crippen LogP contribution in [-0.2, 0) is 21.4 Å². The molecular formula is C27H24FN7O6S. The third kappa shape index (κ3) is 2.67.